The molecule has 0 saturated carbocycles. The molecule has 0 spiro atoms. The van der Waals surface area contributed by atoms with E-state index in [1.54, 1.807) is 31.6 Å². The number of fused-ring (bicyclic) bond motifs is 1. The lowest BCUT2D eigenvalue weighted by Gasteiger charge is -2.29. The maximum Gasteiger partial charge on any atom is 0.325 e. The van der Waals surface area contributed by atoms with Gasteiger partial charge in [-0.2, -0.15) is 5.26 Å². The zero-order valence-corrected chi connectivity index (χ0v) is 22.3. The molecule has 1 aliphatic heterocycles. The Morgan fingerprint density at radius 3 is 2.51 bits per heavy atom. The number of nitriles is 1. The van der Waals surface area contributed by atoms with Gasteiger partial charge in [-0.1, -0.05) is 12.1 Å². The number of likely N-dealkylation sites (tertiary alicyclic amines) is 1. The summed E-state index contributed by atoms with van der Waals surface area (Å²) in [6.07, 6.45) is 5.56. The van der Waals surface area contributed by atoms with E-state index < -0.39 is 0 Å². The second kappa shape index (κ2) is 11.0. The number of anilines is 3. The van der Waals surface area contributed by atoms with Crippen LogP contribution in [-0.2, 0) is 0 Å². The molecule has 0 atom stereocenters. The minimum absolute atomic E-state index is 0.230. The lowest BCUT2D eigenvalue weighted by Crippen LogP contribution is -2.29. The Morgan fingerprint density at radius 1 is 1.08 bits per heavy atom. The molecule has 9 nitrogen and oxygen atoms in total. The number of hydrogen-bond donors (Lipinski definition) is 2. The summed E-state index contributed by atoms with van der Waals surface area (Å²) in [7, 11) is 5.56. The topological polar surface area (TPSA) is 106 Å². The van der Waals surface area contributed by atoms with Crippen LogP contribution in [0.15, 0.2) is 67.0 Å². The number of carbonyl (C=O) groups excluding carboxylic acids is 2. The monoisotopic (exact) mass is 521 g/mol. The third-order valence-electron chi connectivity index (χ3n) is 7.46. The first-order chi connectivity index (χ1) is 18.9. The van der Waals surface area contributed by atoms with Crippen LogP contribution in [0.2, 0.25) is 0 Å². The number of benzene rings is 2. The normalized spacial score (nSPS) is 14.1. The SMILES string of the molecule is CNC(=O)n1ccc2cc(N(C)c3ccnc(NC(=O)c4ccc(C5CCN(C)CC5)cc4)c3)c(C#N)cc21. The molecule has 1 fully saturated rings. The molecule has 0 radical (unpaired) electrons. The van der Waals surface area contributed by atoms with Gasteiger partial charge in [0.05, 0.1) is 16.8 Å². The molecule has 5 rings (SSSR count). The summed E-state index contributed by atoms with van der Waals surface area (Å²) in [6, 6.07) is 18.8. The molecule has 3 heterocycles. The molecule has 0 bridgehead atoms. The highest BCUT2D eigenvalue weighted by Crippen LogP contribution is 2.32. The van der Waals surface area contributed by atoms with Crippen molar-refractivity contribution in [3.63, 3.8) is 0 Å². The minimum atomic E-state index is -0.277. The number of pyridine rings is 1. The Balaban J connectivity index is 1.33. The van der Waals surface area contributed by atoms with Crippen molar-refractivity contribution >= 4 is 40.0 Å². The van der Waals surface area contributed by atoms with Crippen LogP contribution in [-0.4, -0.2) is 60.6 Å². The fraction of sp³-hybridized carbons (Fsp3) is 0.267. The molecule has 2 N–H and O–H groups in total. The van der Waals surface area contributed by atoms with Crippen molar-refractivity contribution in [3.05, 3.63) is 83.7 Å². The lowest BCUT2D eigenvalue weighted by atomic mass is 9.89. The smallest absolute Gasteiger partial charge is 0.325 e. The fourth-order valence-electron chi connectivity index (χ4n) is 5.11. The van der Waals surface area contributed by atoms with Crippen molar-refractivity contribution in [2.24, 2.45) is 0 Å². The van der Waals surface area contributed by atoms with Crippen LogP contribution in [0.1, 0.15) is 40.2 Å². The molecule has 0 aliphatic carbocycles. The van der Waals surface area contributed by atoms with E-state index >= 15 is 0 Å². The van der Waals surface area contributed by atoms with Gasteiger partial charge in [-0.25, -0.2) is 9.78 Å². The molecule has 0 unspecified atom stereocenters. The average Bonchev–Trinajstić information content (AvgIpc) is 3.39. The first kappa shape index (κ1) is 25.9. The molecule has 198 valence electrons. The molecule has 39 heavy (non-hydrogen) atoms. The van der Waals surface area contributed by atoms with Crippen molar-refractivity contribution in [2.75, 3.05) is 44.4 Å². The summed E-state index contributed by atoms with van der Waals surface area (Å²) < 4.78 is 1.47. The van der Waals surface area contributed by atoms with Gasteiger partial charge < -0.3 is 20.4 Å². The van der Waals surface area contributed by atoms with Crippen LogP contribution >= 0.6 is 0 Å². The quantitative estimate of drug-likeness (QED) is 0.386. The predicted octanol–water partition coefficient (Wildman–Crippen LogP) is 4.92. The second-order valence-electron chi connectivity index (χ2n) is 9.89. The molecular weight excluding hydrogens is 490 g/mol. The van der Waals surface area contributed by atoms with E-state index in [2.05, 4.69) is 45.8 Å². The van der Waals surface area contributed by atoms with Crippen molar-refractivity contribution in [1.29, 1.82) is 5.26 Å². The molecule has 9 heteroatoms. The van der Waals surface area contributed by atoms with E-state index in [4.69, 9.17) is 0 Å². The van der Waals surface area contributed by atoms with Gasteiger partial charge in [-0.3, -0.25) is 9.36 Å². The molecule has 1 saturated heterocycles. The largest absolute Gasteiger partial charge is 0.343 e. The number of hydrogen-bond acceptors (Lipinski definition) is 6. The highest BCUT2D eigenvalue weighted by molar-refractivity contribution is 6.04. The van der Waals surface area contributed by atoms with Crippen LogP contribution < -0.4 is 15.5 Å². The molecule has 2 aromatic heterocycles. The first-order valence-corrected chi connectivity index (χ1v) is 12.9. The number of nitrogens with zero attached hydrogens (tertiary/aromatic N) is 5. The van der Waals surface area contributed by atoms with E-state index in [0.29, 0.717) is 34.1 Å². The lowest BCUT2D eigenvalue weighted by molar-refractivity contribution is 0.102. The van der Waals surface area contributed by atoms with Gasteiger partial charge in [-0.05, 0) is 80.9 Å². The van der Waals surface area contributed by atoms with Gasteiger partial charge in [0, 0.05) is 49.2 Å². The standard InChI is InChI=1S/C30H31N7O2/c1-32-30(39)37-15-11-23-16-26(24(19-31)17-27(23)37)36(3)25-8-12-33-28(18-25)34-29(38)22-6-4-20(5-7-22)21-9-13-35(2)14-10-21/h4-8,11-12,15-18,21H,9-10,13-14H2,1-3H3,(H,32,39)(H,33,34,38). The number of aromatic nitrogens is 2. The Hall–Kier alpha value is -4.68. The predicted molar refractivity (Wildman–Crippen MR) is 153 cm³/mol. The number of amides is 2. The maximum atomic E-state index is 13.0. The van der Waals surface area contributed by atoms with Crippen molar-refractivity contribution in [3.8, 4) is 6.07 Å². The summed E-state index contributed by atoms with van der Waals surface area (Å²) >= 11 is 0. The number of carbonyl (C=O) groups is 2. The van der Waals surface area contributed by atoms with E-state index in [9.17, 15) is 14.9 Å². The van der Waals surface area contributed by atoms with Gasteiger partial charge >= 0.3 is 6.03 Å². The van der Waals surface area contributed by atoms with Gasteiger partial charge in [0.1, 0.15) is 11.9 Å². The molecule has 1 aliphatic rings. The summed E-state index contributed by atoms with van der Waals surface area (Å²) in [6.45, 7) is 2.19. The van der Waals surface area contributed by atoms with E-state index in [1.165, 1.54) is 10.1 Å². The van der Waals surface area contributed by atoms with Gasteiger partial charge in [-0.15, -0.1) is 0 Å². The van der Waals surface area contributed by atoms with E-state index in [-0.39, 0.29) is 11.9 Å². The van der Waals surface area contributed by atoms with E-state index in [0.717, 1.165) is 37.0 Å². The second-order valence-corrected chi connectivity index (χ2v) is 9.89. The molecule has 2 amide bonds. The van der Waals surface area contributed by atoms with Crippen molar-refractivity contribution in [1.82, 2.24) is 19.8 Å². The summed E-state index contributed by atoms with van der Waals surface area (Å²) in [5.74, 6) is 0.716. The zero-order chi connectivity index (χ0) is 27.5. The van der Waals surface area contributed by atoms with Crippen LogP contribution in [0.3, 0.4) is 0 Å². The Bertz CT molecular complexity index is 1560. The third kappa shape index (κ3) is 5.33. The van der Waals surface area contributed by atoms with Crippen molar-refractivity contribution < 1.29 is 9.59 Å². The van der Waals surface area contributed by atoms with Crippen molar-refractivity contribution in [2.45, 2.75) is 18.8 Å². The zero-order valence-electron chi connectivity index (χ0n) is 22.3. The Labute approximate surface area is 227 Å². The summed E-state index contributed by atoms with van der Waals surface area (Å²) in [5.41, 5.74) is 4.34. The number of rotatable bonds is 5. The summed E-state index contributed by atoms with van der Waals surface area (Å²) in [5, 5.41) is 16.2. The fourth-order valence-corrected chi connectivity index (χ4v) is 5.11. The Morgan fingerprint density at radius 2 is 1.82 bits per heavy atom. The number of piperidine rings is 1. The molecule has 4 aromatic rings. The Kier molecular flexibility index (Phi) is 7.30. The van der Waals surface area contributed by atoms with Crippen LogP contribution in [0.25, 0.3) is 10.9 Å². The molecule has 2 aromatic carbocycles. The summed E-state index contributed by atoms with van der Waals surface area (Å²) in [4.78, 5) is 33.7. The number of nitrogens with one attached hydrogen (secondary N) is 2. The van der Waals surface area contributed by atoms with E-state index in [1.807, 2.05) is 42.3 Å². The molecular formula is C30H31N7O2. The van der Waals surface area contributed by atoms with Crippen LogP contribution in [0, 0.1) is 11.3 Å². The highest BCUT2D eigenvalue weighted by Gasteiger charge is 2.19. The van der Waals surface area contributed by atoms with Crippen LogP contribution in [0.5, 0.6) is 0 Å². The van der Waals surface area contributed by atoms with Gasteiger partial charge in [0.25, 0.3) is 5.91 Å². The minimum Gasteiger partial charge on any atom is -0.343 e. The van der Waals surface area contributed by atoms with Crippen LogP contribution in [0.4, 0.5) is 22.0 Å². The maximum absolute atomic E-state index is 13.0. The van der Waals surface area contributed by atoms with Gasteiger partial charge in [0.15, 0.2) is 0 Å². The first-order valence-electron chi connectivity index (χ1n) is 12.9. The van der Waals surface area contributed by atoms with Gasteiger partial charge in [0.2, 0.25) is 0 Å². The highest BCUT2D eigenvalue weighted by atomic mass is 16.2. The average molecular weight is 522 g/mol. The third-order valence-corrected chi connectivity index (χ3v) is 7.46.